The fourth-order valence-corrected chi connectivity index (χ4v) is 5.08. The molecule has 6 nitrogen and oxygen atoms in total. The number of amides is 3. The third-order valence-corrected chi connectivity index (χ3v) is 6.92. The largest absolute Gasteiger partial charge is 0.340 e. The first kappa shape index (κ1) is 24.8. The van der Waals surface area contributed by atoms with E-state index in [1.54, 1.807) is 17.0 Å². The summed E-state index contributed by atoms with van der Waals surface area (Å²) in [5.74, 6) is 0.441. The molecule has 1 N–H and O–H groups in total. The van der Waals surface area contributed by atoms with Gasteiger partial charge < -0.3 is 15.1 Å². The van der Waals surface area contributed by atoms with E-state index in [0.717, 1.165) is 12.8 Å². The van der Waals surface area contributed by atoms with E-state index < -0.39 is 11.9 Å². The zero-order valence-corrected chi connectivity index (χ0v) is 20.4. The van der Waals surface area contributed by atoms with Crippen LogP contribution in [0.25, 0.3) is 0 Å². The highest BCUT2D eigenvalue weighted by Gasteiger charge is 2.31. The molecule has 0 aromatic heterocycles. The zero-order valence-electron chi connectivity index (χ0n) is 18.9. The monoisotopic (exact) mass is 481 g/mol. The Balaban J connectivity index is 1.58. The maximum Gasteiger partial charge on any atom is 0.253 e. The molecule has 2 fully saturated rings. The third-order valence-electron chi connectivity index (χ3n) is 6.37. The van der Waals surface area contributed by atoms with Crippen LogP contribution < -0.4 is 5.32 Å². The minimum Gasteiger partial charge on any atom is -0.340 e. The Labute approximate surface area is 200 Å². The van der Waals surface area contributed by atoms with E-state index in [2.05, 4.69) is 5.32 Å². The molecule has 1 saturated heterocycles. The summed E-state index contributed by atoms with van der Waals surface area (Å²) in [6.45, 7) is 6.09. The van der Waals surface area contributed by atoms with Crippen LogP contribution in [0, 0.1) is 11.8 Å². The molecule has 176 valence electrons. The Morgan fingerprint density at radius 1 is 1.03 bits per heavy atom. The van der Waals surface area contributed by atoms with Crippen LogP contribution in [0.1, 0.15) is 62.7 Å². The summed E-state index contributed by atoms with van der Waals surface area (Å²) in [7, 11) is 0. The van der Waals surface area contributed by atoms with Gasteiger partial charge in [-0.2, -0.15) is 0 Å². The Morgan fingerprint density at radius 3 is 2.25 bits per heavy atom. The van der Waals surface area contributed by atoms with E-state index in [9.17, 15) is 14.4 Å². The highest BCUT2D eigenvalue weighted by atomic mass is 35.5. The van der Waals surface area contributed by atoms with Crippen LogP contribution in [0.15, 0.2) is 18.2 Å². The Hall–Kier alpha value is -1.79. The normalized spacial score (nSPS) is 18.2. The van der Waals surface area contributed by atoms with Crippen LogP contribution in [-0.2, 0) is 9.59 Å². The fraction of sp³-hybridized carbons (Fsp3) is 0.625. The van der Waals surface area contributed by atoms with Crippen molar-refractivity contribution >= 4 is 40.9 Å². The lowest BCUT2D eigenvalue weighted by Gasteiger charge is -2.37. The van der Waals surface area contributed by atoms with Crippen molar-refractivity contribution in [2.75, 3.05) is 26.2 Å². The lowest BCUT2D eigenvalue weighted by Crippen LogP contribution is -2.56. The summed E-state index contributed by atoms with van der Waals surface area (Å²) in [5.41, 5.74) is 0.292. The van der Waals surface area contributed by atoms with Crippen LogP contribution in [0.5, 0.6) is 0 Å². The fourth-order valence-electron chi connectivity index (χ4n) is 4.59. The lowest BCUT2D eigenvalue weighted by molar-refractivity contribution is -0.141. The number of benzene rings is 1. The van der Waals surface area contributed by atoms with E-state index in [0.29, 0.717) is 55.5 Å². The smallest absolute Gasteiger partial charge is 0.253 e. The van der Waals surface area contributed by atoms with E-state index in [-0.39, 0.29) is 22.8 Å². The van der Waals surface area contributed by atoms with Gasteiger partial charge in [-0.3, -0.25) is 14.4 Å². The molecule has 2 aliphatic rings. The molecule has 32 heavy (non-hydrogen) atoms. The molecule has 1 aromatic rings. The number of nitrogens with zero attached hydrogens (tertiary/aromatic N) is 2. The van der Waals surface area contributed by atoms with Gasteiger partial charge in [-0.05, 0) is 49.3 Å². The molecule has 1 aliphatic heterocycles. The lowest BCUT2D eigenvalue weighted by atomic mass is 10.0. The second-order valence-electron chi connectivity index (χ2n) is 9.34. The number of hydrogen-bond acceptors (Lipinski definition) is 3. The molecule has 8 heteroatoms. The van der Waals surface area contributed by atoms with Crippen LogP contribution in [-0.4, -0.2) is 59.7 Å². The topological polar surface area (TPSA) is 69.7 Å². The highest BCUT2D eigenvalue weighted by molar-refractivity contribution is 6.36. The zero-order chi connectivity index (χ0) is 23.3. The summed E-state index contributed by atoms with van der Waals surface area (Å²) in [5, 5.41) is 3.56. The molecular formula is C24H33Cl2N3O3. The Morgan fingerprint density at radius 2 is 1.66 bits per heavy atom. The van der Waals surface area contributed by atoms with Crippen molar-refractivity contribution < 1.29 is 14.4 Å². The molecule has 0 bridgehead atoms. The van der Waals surface area contributed by atoms with E-state index in [1.807, 2.05) is 18.7 Å². The molecule has 3 rings (SSSR count). The van der Waals surface area contributed by atoms with Gasteiger partial charge in [0.25, 0.3) is 5.91 Å². The van der Waals surface area contributed by atoms with Gasteiger partial charge in [0.1, 0.15) is 6.04 Å². The summed E-state index contributed by atoms with van der Waals surface area (Å²) in [6.07, 6.45) is 5.91. The number of piperazine rings is 1. The number of carbonyl (C=O) groups is 3. The molecule has 0 spiro atoms. The maximum atomic E-state index is 13.2. The van der Waals surface area contributed by atoms with Crippen LogP contribution in [0.3, 0.4) is 0 Å². The standard InChI is InChI=1S/C24H33Cl2N3O3/c1-16(2)13-21(27-23(31)19-8-7-18(25)15-20(19)26)24(32)29-11-9-28(10-12-29)22(30)14-17-5-3-4-6-17/h7-8,15-17,21H,3-6,9-14H2,1-2H3,(H,27,31). The van der Waals surface area contributed by atoms with Crippen LogP contribution >= 0.6 is 23.2 Å². The van der Waals surface area contributed by atoms with E-state index >= 15 is 0 Å². The van der Waals surface area contributed by atoms with Crippen molar-refractivity contribution in [2.24, 2.45) is 11.8 Å². The summed E-state index contributed by atoms with van der Waals surface area (Å²) in [4.78, 5) is 42.3. The number of carbonyl (C=O) groups excluding carboxylic acids is 3. The van der Waals surface area contributed by atoms with Crippen molar-refractivity contribution in [3.63, 3.8) is 0 Å². The van der Waals surface area contributed by atoms with Crippen molar-refractivity contribution in [1.82, 2.24) is 15.1 Å². The predicted molar refractivity (Wildman–Crippen MR) is 127 cm³/mol. The van der Waals surface area contributed by atoms with Gasteiger partial charge in [0, 0.05) is 37.6 Å². The van der Waals surface area contributed by atoms with E-state index in [4.69, 9.17) is 23.2 Å². The quantitative estimate of drug-likeness (QED) is 0.627. The molecule has 1 unspecified atom stereocenters. The number of halogens is 2. The number of nitrogens with one attached hydrogen (secondary N) is 1. The van der Waals surface area contributed by atoms with Gasteiger partial charge in [0.05, 0.1) is 10.6 Å². The molecule has 1 aliphatic carbocycles. The highest BCUT2D eigenvalue weighted by Crippen LogP contribution is 2.28. The summed E-state index contributed by atoms with van der Waals surface area (Å²) in [6, 6.07) is 4.03. The SMILES string of the molecule is CC(C)CC(NC(=O)c1ccc(Cl)cc1Cl)C(=O)N1CCN(C(=O)CC2CCCC2)CC1. The average molecular weight is 482 g/mol. The minimum atomic E-state index is -0.644. The second-order valence-corrected chi connectivity index (χ2v) is 10.2. The summed E-state index contributed by atoms with van der Waals surface area (Å²) < 4.78 is 0. The average Bonchev–Trinajstić information content (AvgIpc) is 3.25. The first-order valence-corrected chi connectivity index (χ1v) is 12.3. The molecule has 1 heterocycles. The van der Waals surface area contributed by atoms with Crippen molar-refractivity contribution in [3.8, 4) is 0 Å². The van der Waals surface area contributed by atoms with Gasteiger partial charge in [-0.1, -0.05) is 49.9 Å². The van der Waals surface area contributed by atoms with E-state index in [1.165, 1.54) is 18.9 Å². The first-order chi connectivity index (χ1) is 15.2. The van der Waals surface area contributed by atoms with Crippen molar-refractivity contribution in [1.29, 1.82) is 0 Å². The van der Waals surface area contributed by atoms with Crippen LogP contribution in [0.4, 0.5) is 0 Å². The van der Waals surface area contributed by atoms with Gasteiger partial charge in [0.15, 0.2) is 0 Å². The van der Waals surface area contributed by atoms with Crippen molar-refractivity contribution in [2.45, 2.75) is 58.4 Å². The van der Waals surface area contributed by atoms with Crippen molar-refractivity contribution in [3.05, 3.63) is 33.8 Å². The molecule has 3 amide bonds. The molecular weight excluding hydrogens is 449 g/mol. The first-order valence-electron chi connectivity index (χ1n) is 11.6. The Kier molecular flexibility index (Phi) is 8.83. The molecule has 1 aromatic carbocycles. The van der Waals surface area contributed by atoms with Gasteiger partial charge in [0.2, 0.25) is 11.8 Å². The minimum absolute atomic E-state index is 0.111. The maximum absolute atomic E-state index is 13.2. The van der Waals surface area contributed by atoms with Gasteiger partial charge in [-0.15, -0.1) is 0 Å². The second kappa shape index (κ2) is 11.4. The third kappa shape index (κ3) is 6.61. The van der Waals surface area contributed by atoms with Gasteiger partial charge >= 0.3 is 0 Å². The van der Waals surface area contributed by atoms with Crippen LogP contribution in [0.2, 0.25) is 10.0 Å². The Bertz CT molecular complexity index is 832. The molecule has 1 saturated carbocycles. The molecule has 0 radical (unpaired) electrons. The summed E-state index contributed by atoms with van der Waals surface area (Å²) >= 11 is 12.1. The number of rotatable bonds is 7. The predicted octanol–water partition coefficient (Wildman–Crippen LogP) is 4.39. The molecule has 1 atom stereocenters. The number of hydrogen-bond donors (Lipinski definition) is 1. The van der Waals surface area contributed by atoms with Gasteiger partial charge in [-0.25, -0.2) is 0 Å².